The molecule has 0 aliphatic rings. The molecule has 0 aromatic rings. The predicted molar refractivity (Wildman–Crippen MR) is 40.8 cm³/mol. The molecule has 0 aliphatic heterocycles. The number of hydrogen-bond acceptors (Lipinski definition) is 0. The fraction of sp³-hybridized carbons (Fsp3) is 1.00. The van der Waals surface area contributed by atoms with E-state index in [-0.39, 0.29) is 0 Å². The van der Waals surface area contributed by atoms with Gasteiger partial charge < -0.3 is 0 Å². The average Bonchev–Trinajstić information content (AvgIpc) is 1.82. The maximum Gasteiger partial charge on any atom is 0.339 e. The predicted octanol–water partition coefficient (Wildman–Crippen LogP) is 3.57. The van der Waals surface area contributed by atoms with Crippen LogP contribution in [0.2, 0.25) is 0 Å². The number of halogens is 7. The first-order valence-corrected chi connectivity index (χ1v) is 4.08. The van der Waals surface area contributed by atoms with Gasteiger partial charge in [-0.15, -0.1) is 23.2 Å². The first-order chi connectivity index (χ1) is 4.76. The molecule has 0 aromatic heterocycles. The second-order valence-electron chi connectivity index (χ2n) is 1.72. The van der Waals surface area contributed by atoms with Gasteiger partial charge in [-0.3, -0.25) is 0 Å². The highest BCUT2D eigenvalue weighted by atomic mass is 35.5. The second-order valence-corrected chi connectivity index (χ2v) is 3.62. The van der Waals surface area contributed by atoms with Crippen LogP contribution in [0.3, 0.4) is 0 Å². The molecule has 0 saturated carbocycles. The monoisotopic (exact) mass is 248 g/mol. The molecule has 0 aromatic carbocycles. The van der Waals surface area contributed by atoms with Gasteiger partial charge in [-0.25, -0.2) is 4.39 Å². The molecule has 0 fully saturated rings. The van der Waals surface area contributed by atoms with E-state index >= 15 is 0 Å². The molecule has 68 valence electrons. The highest BCUT2D eigenvalue weighted by Gasteiger charge is 2.43. The molecule has 0 aliphatic carbocycles. The summed E-state index contributed by atoms with van der Waals surface area (Å²) in [6.07, 6.45) is 0. The van der Waals surface area contributed by atoms with Crippen LogP contribution < -0.4 is 0 Å². The topological polar surface area (TPSA) is 0 Å². The zero-order valence-electron chi connectivity index (χ0n) is 4.88. The minimum absolute atomic E-state index is 1.72. The largest absolute Gasteiger partial charge is 0.339 e. The standard InChI is InChI=1S/C4H3Cl4F3/c5-1(3(7)9)2(6)4(8,10)11/h1-3H. The minimum Gasteiger partial charge on any atom is -0.228 e. The Kier molecular flexibility index (Phi) is 4.63. The smallest absolute Gasteiger partial charge is 0.228 e. The minimum atomic E-state index is -3.76. The van der Waals surface area contributed by atoms with Crippen molar-refractivity contribution < 1.29 is 13.2 Å². The Bertz CT molecular complexity index is 123. The summed E-state index contributed by atoms with van der Waals surface area (Å²) >= 11 is 19.2. The van der Waals surface area contributed by atoms with Crippen molar-refractivity contribution in [3.05, 3.63) is 0 Å². The SMILES string of the molecule is FC(Cl)C(Cl)C(Cl)C(F)(F)Cl. The molecule has 0 heterocycles. The van der Waals surface area contributed by atoms with Gasteiger partial charge in [0, 0.05) is 0 Å². The molecule has 0 spiro atoms. The summed E-state index contributed by atoms with van der Waals surface area (Å²) in [5.41, 5.74) is -2.15. The van der Waals surface area contributed by atoms with Crippen molar-refractivity contribution in [3.63, 3.8) is 0 Å². The first kappa shape index (κ1) is 11.9. The van der Waals surface area contributed by atoms with E-state index in [0.717, 1.165) is 0 Å². The zero-order valence-corrected chi connectivity index (χ0v) is 7.90. The third kappa shape index (κ3) is 3.92. The van der Waals surface area contributed by atoms with Crippen molar-refractivity contribution in [1.82, 2.24) is 0 Å². The van der Waals surface area contributed by atoms with Crippen LogP contribution in [0, 0.1) is 0 Å². The van der Waals surface area contributed by atoms with E-state index in [1.807, 2.05) is 0 Å². The molecule has 3 atom stereocenters. The molecule has 0 bridgehead atoms. The van der Waals surface area contributed by atoms with Crippen LogP contribution in [-0.2, 0) is 0 Å². The fourth-order valence-electron chi connectivity index (χ4n) is 0.308. The van der Waals surface area contributed by atoms with Crippen molar-refractivity contribution in [1.29, 1.82) is 0 Å². The Morgan fingerprint density at radius 2 is 1.45 bits per heavy atom. The summed E-state index contributed by atoms with van der Waals surface area (Å²) in [7, 11) is 0. The highest BCUT2D eigenvalue weighted by molar-refractivity contribution is 6.38. The molecule has 0 saturated heterocycles. The van der Waals surface area contributed by atoms with Crippen molar-refractivity contribution in [3.8, 4) is 0 Å². The van der Waals surface area contributed by atoms with E-state index in [1.165, 1.54) is 0 Å². The maximum absolute atomic E-state index is 12.1. The highest BCUT2D eigenvalue weighted by Crippen LogP contribution is 2.34. The fourth-order valence-corrected chi connectivity index (χ4v) is 1.01. The quantitative estimate of drug-likeness (QED) is 0.671. The van der Waals surface area contributed by atoms with Crippen molar-refractivity contribution in [2.45, 2.75) is 21.8 Å². The summed E-state index contributed by atoms with van der Waals surface area (Å²) < 4.78 is 36.1. The lowest BCUT2D eigenvalue weighted by molar-refractivity contribution is 0.0851. The van der Waals surface area contributed by atoms with E-state index < -0.39 is 21.8 Å². The van der Waals surface area contributed by atoms with Crippen molar-refractivity contribution in [2.75, 3.05) is 0 Å². The summed E-state index contributed by atoms with van der Waals surface area (Å²) in [6.45, 7) is 0. The lowest BCUT2D eigenvalue weighted by atomic mass is 10.3. The third-order valence-electron chi connectivity index (χ3n) is 0.833. The van der Waals surface area contributed by atoms with Crippen LogP contribution in [0.5, 0.6) is 0 Å². The molecule has 0 nitrogen and oxygen atoms in total. The average molecular weight is 250 g/mol. The van der Waals surface area contributed by atoms with E-state index in [4.69, 9.17) is 34.8 Å². The summed E-state index contributed by atoms with van der Waals surface area (Å²) in [5.74, 6) is 0. The summed E-state index contributed by atoms with van der Waals surface area (Å²) in [4.78, 5) is 0. The molecular formula is C4H3Cl4F3. The second kappa shape index (κ2) is 4.26. The van der Waals surface area contributed by atoms with Crippen molar-refractivity contribution >= 4 is 46.4 Å². The molecule has 0 amide bonds. The molecular weight excluding hydrogens is 247 g/mol. The van der Waals surface area contributed by atoms with Gasteiger partial charge in [-0.2, -0.15) is 8.78 Å². The molecule has 0 rings (SSSR count). The maximum atomic E-state index is 12.1. The Balaban J connectivity index is 4.13. The van der Waals surface area contributed by atoms with Crippen LogP contribution in [0.15, 0.2) is 0 Å². The zero-order chi connectivity index (χ0) is 9.23. The third-order valence-corrected chi connectivity index (χ3v) is 2.73. The van der Waals surface area contributed by atoms with Crippen LogP contribution >= 0.6 is 46.4 Å². The number of alkyl halides is 7. The Hall–Kier alpha value is 0.950. The van der Waals surface area contributed by atoms with Gasteiger partial charge in [0.2, 0.25) is 0 Å². The van der Waals surface area contributed by atoms with E-state index in [9.17, 15) is 13.2 Å². The molecule has 0 N–H and O–H groups in total. The lowest BCUT2D eigenvalue weighted by Gasteiger charge is -2.19. The van der Waals surface area contributed by atoms with Gasteiger partial charge in [0.05, 0.1) is 0 Å². The van der Waals surface area contributed by atoms with Gasteiger partial charge in [0.25, 0.3) is 0 Å². The van der Waals surface area contributed by atoms with E-state index in [0.29, 0.717) is 0 Å². The normalized spacial score (nSPS) is 21.0. The van der Waals surface area contributed by atoms with E-state index in [2.05, 4.69) is 11.6 Å². The first-order valence-electron chi connectivity index (χ1n) is 2.40. The lowest BCUT2D eigenvalue weighted by Crippen LogP contribution is -2.34. The Labute approximate surface area is 81.5 Å². The van der Waals surface area contributed by atoms with Crippen LogP contribution in [0.1, 0.15) is 0 Å². The van der Waals surface area contributed by atoms with Crippen LogP contribution in [-0.4, -0.2) is 21.8 Å². The van der Waals surface area contributed by atoms with E-state index in [1.54, 1.807) is 0 Å². The molecule has 11 heavy (non-hydrogen) atoms. The van der Waals surface area contributed by atoms with Crippen LogP contribution in [0.4, 0.5) is 13.2 Å². The summed E-state index contributed by atoms with van der Waals surface area (Å²) in [5, 5.41) is -7.50. The Morgan fingerprint density at radius 3 is 1.55 bits per heavy atom. The van der Waals surface area contributed by atoms with Gasteiger partial charge in [-0.05, 0) is 11.6 Å². The molecule has 3 unspecified atom stereocenters. The number of hydrogen-bond donors (Lipinski definition) is 0. The molecule has 7 heteroatoms. The Morgan fingerprint density at radius 1 is 1.09 bits per heavy atom. The van der Waals surface area contributed by atoms with Gasteiger partial charge in [0.15, 0.2) is 5.63 Å². The summed E-state index contributed by atoms with van der Waals surface area (Å²) in [6, 6.07) is 0. The van der Waals surface area contributed by atoms with Crippen molar-refractivity contribution in [2.24, 2.45) is 0 Å². The van der Waals surface area contributed by atoms with Gasteiger partial charge in [-0.1, -0.05) is 11.6 Å². The van der Waals surface area contributed by atoms with Gasteiger partial charge in [0.1, 0.15) is 10.8 Å². The van der Waals surface area contributed by atoms with Crippen LogP contribution in [0.25, 0.3) is 0 Å². The van der Waals surface area contributed by atoms with Gasteiger partial charge >= 0.3 is 5.38 Å². The number of rotatable bonds is 3. The molecule has 0 radical (unpaired) electrons.